The molecule has 0 aliphatic rings. The molecule has 1 rings (SSSR count). The van der Waals surface area contributed by atoms with E-state index < -0.39 is 0 Å². The van der Waals surface area contributed by atoms with Crippen molar-refractivity contribution in [3.63, 3.8) is 0 Å². The molecule has 96 valence electrons. The van der Waals surface area contributed by atoms with Gasteiger partial charge in [-0.1, -0.05) is 19.8 Å². The molecule has 0 saturated heterocycles. The summed E-state index contributed by atoms with van der Waals surface area (Å²) in [7, 11) is 0. The summed E-state index contributed by atoms with van der Waals surface area (Å²) in [5.41, 5.74) is 0.756. The van der Waals surface area contributed by atoms with Crippen LogP contribution in [0.1, 0.15) is 45.6 Å². The summed E-state index contributed by atoms with van der Waals surface area (Å²) in [6.45, 7) is 7.48. The minimum atomic E-state index is -0.00219. The molecule has 0 aliphatic carbocycles. The van der Waals surface area contributed by atoms with Crippen molar-refractivity contribution in [2.75, 3.05) is 11.4 Å². The Morgan fingerprint density at radius 2 is 1.88 bits per heavy atom. The number of aromatic nitrogens is 2. The van der Waals surface area contributed by atoms with E-state index in [9.17, 15) is 0 Å². The van der Waals surface area contributed by atoms with Gasteiger partial charge in [0.25, 0.3) is 0 Å². The number of rotatable bonds is 7. The predicted octanol–water partition coefficient (Wildman–Crippen LogP) is 2.37. The van der Waals surface area contributed by atoms with Gasteiger partial charge in [0.2, 0.25) is 5.95 Å². The number of hydrogen-bond donors (Lipinski definition) is 1. The summed E-state index contributed by atoms with van der Waals surface area (Å²) in [6, 6.07) is 0.395. The van der Waals surface area contributed by atoms with Crippen LogP contribution in [0.15, 0.2) is 12.4 Å². The third-order valence-electron chi connectivity index (χ3n) is 2.76. The van der Waals surface area contributed by atoms with E-state index in [1.165, 1.54) is 19.3 Å². The van der Waals surface area contributed by atoms with Crippen molar-refractivity contribution in [3.8, 4) is 0 Å². The fourth-order valence-corrected chi connectivity index (χ4v) is 1.70. The maximum absolute atomic E-state index is 8.96. The van der Waals surface area contributed by atoms with E-state index in [0.717, 1.165) is 18.1 Å². The summed E-state index contributed by atoms with van der Waals surface area (Å²) < 4.78 is 0. The van der Waals surface area contributed by atoms with Crippen LogP contribution in [0.3, 0.4) is 0 Å². The largest absolute Gasteiger partial charge is 0.392 e. The molecule has 0 spiro atoms. The van der Waals surface area contributed by atoms with Crippen LogP contribution in [0.2, 0.25) is 0 Å². The zero-order valence-electron chi connectivity index (χ0n) is 11.1. The van der Waals surface area contributed by atoms with Crippen molar-refractivity contribution in [2.24, 2.45) is 0 Å². The van der Waals surface area contributed by atoms with E-state index in [4.69, 9.17) is 5.11 Å². The van der Waals surface area contributed by atoms with Crippen LogP contribution in [0.25, 0.3) is 0 Å². The van der Waals surface area contributed by atoms with Gasteiger partial charge in [-0.2, -0.15) is 0 Å². The lowest BCUT2D eigenvalue weighted by molar-refractivity contribution is 0.281. The van der Waals surface area contributed by atoms with Gasteiger partial charge in [0.15, 0.2) is 0 Å². The van der Waals surface area contributed by atoms with E-state index in [0.29, 0.717) is 6.04 Å². The monoisotopic (exact) mass is 237 g/mol. The first-order valence-electron chi connectivity index (χ1n) is 6.37. The summed E-state index contributed by atoms with van der Waals surface area (Å²) in [4.78, 5) is 10.8. The molecule has 0 saturated carbocycles. The van der Waals surface area contributed by atoms with Crippen LogP contribution in [0.5, 0.6) is 0 Å². The van der Waals surface area contributed by atoms with E-state index in [1.54, 1.807) is 12.4 Å². The molecule has 1 aromatic heterocycles. The standard InChI is InChI=1S/C13H23N3O/c1-4-5-6-7-16(11(2)3)13-14-8-12(10-17)9-15-13/h8-9,11,17H,4-7,10H2,1-3H3. The maximum atomic E-state index is 8.96. The van der Waals surface area contributed by atoms with E-state index >= 15 is 0 Å². The summed E-state index contributed by atoms with van der Waals surface area (Å²) in [5, 5.41) is 8.96. The predicted molar refractivity (Wildman–Crippen MR) is 70.0 cm³/mol. The smallest absolute Gasteiger partial charge is 0.225 e. The molecular weight excluding hydrogens is 214 g/mol. The second kappa shape index (κ2) is 7.22. The molecule has 17 heavy (non-hydrogen) atoms. The highest BCUT2D eigenvalue weighted by molar-refractivity contribution is 5.30. The lowest BCUT2D eigenvalue weighted by atomic mass is 10.2. The number of anilines is 1. The quantitative estimate of drug-likeness (QED) is 0.740. The molecule has 0 aliphatic heterocycles. The Labute approximate surface area is 104 Å². The Kier molecular flexibility index (Phi) is 5.91. The average molecular weight is 237 g/mol. The Hall–Kier alpha value is -1.16. The highest BCUT2D eigenvalue weighted by Gasteiger charge is 2.12. The fourth-order valence-electron chi connectivity index (χ4n) is 1.70. The van der Waals surface area contributed by atoms with E-state index in [-0.39, 0.29) is 6.61 Å². The molecule has 1 aromatic rings. The van der Waals surface area contributed by atoms with Crippen molar-refractivity contribution < 1.29 is 5.11 Å². The van der Waals surface area contributed by atoms with Gasteiger partial charge in [-0.3, -0.25) is 0 Å². The Morgan fingerprint density at radius 3 is 2.35 bits per heavy atom. The third-order valence-corrected chi connectivity index (χ3v) is 2.76. The van der Waals surface area contributed by atoms with Crippen molar-refractivity contribution in [2.45, 2.75) is 52.7 Å². The van der Waals surface area contributed by atoms with Gasteiger partial charge in [-0.25, -0.2) is 9.97 Å². The average Bonchev–Trinajstić information content (AvgIpc) is 2.34. The van der Waals surface area contributed by atoms with Crippen LogP contribution >= 0.6 is 0 Å². The van der Waals surface area contributed by atoms with Gasteiger partial charge in [-0.15, -0.1) is 0 Å². The number of aliphatic hydroxyl groups is 1. The van der Waals surface area contributed by atoms with Gasteiger partial charge in [0, 0.05) is 30.5 Å². The molecule has 4 heteroatoms. The van der Waals surface area contributed by atoms with Crippen LogP contribution in [0.4, 0.5) is 5.95 Å². The minimum Gasteiger partial charge on any atom is -0.392 e. The van der Waals surface area contributed by atoms with Gasteiger partial charge in [-0.05, 0) is 20.3 Å². The Balaban J connectivity index is 2.68. The van der Waals surface area contributed by atoms with Gasteiger partial charge in [0.1, 0.15) is 0 Å². The van der Waals surface area contributed by atoms with Gasteiger partial charge < -0.3 is 10.0 Å². The molecule has 0 radical (unpaired) electrons. The van der Waals surface area contributed by atoms with E-state index in [1.807, 2.05) is 0 Å². The topological polar surface area (TPSA) is 49.2 Å². The first kappa shape index (κ1) is 13.9. The van der Waals surface area contributed by atoms with Crippen molar-refractivity contribution in [3.05, 3.63) is 18.0 Å². The normalized spacial score (nSPS) is 10.9. The van der Waals surface area contributed by atoms with Crippen LogP contribution in [-0.2, 0) is 6.61 Å². The summed E-state index contributed by atoms with van der Waals surface area (Å²) in [6.07, 6.45) is 7.00. The van der Waals surface area contributed by atoms with Crippen LogP contribution in [-0.4, -0.2) is 27.7 Å². The zero-order chi connectivity index (χ0) is 12.7. The third kappa shape index (κ3) is 4.30. The Morgan fingerprint density at radius 1 is 1.24 bits per heavy atom. The highest BCUT2D eigenvalue weighted by Crippen LogP contribution is 2.12. The van der Waals surface area contributed by atoms with Crippen molar-refractivity contribution >= 4 is 5.95 Å². The van der Waals surface area contributed by atoms with Crippen molar-refractivity contribution in [1.29, 1.82) is 0 Å². The molecule has 1 N–H and O–H groups in total. The zero-order valence-corrected chi connectivity index (χ0v) is 11.1. The number of unbranched alkanes of at least 4 members (excludes halogenated alkanes) is 2. The first-order chi connectivity index (χ1) is 8.19. The second-order valence-electron chi connectivity index (χ2n) is 4.54. The SMILES string of the molecule is CCCCCN(c1ncc(CO)cn1)C(C)C. The highest BCUT2D eigenvalue weighted by atomic mass is 16.3. The van der Waals surface area contributed by atoms with Crippen LogP contribution < -0.4 is 4.90 Å². The molecular formula is C13H23N3O. The second-order valence-corrected chi connectivity index (χ2v) is 4.54. The van der Waals surface area contributed by atoms with Crippen molar-refractivity contribution in [1.82, 2.24) is 9.97 Å². The van der Waals surface area contributed by atoms with Gasteiger partial charge in [0.05, 0.1) is 6.61 Å². The molecule has 1 heterocycles. The lowest BCUT2D eigenvalue weighted by Gasteiger charge is -2.26. The summed E-state index contributed by atoms with van der Waals surface area (Å²) in [5.74, 6) is 0.758. The Bertz CT molecular complexity index is 311. The number of hydrogen-bond acceptors (Lipinski definition) is 4. The lowest BCUT2D eigenvalue weighted by Crippen LogP contribution is -2.33. The molecule has 0 amide bonds. The molecule has 0 unspecified atom stereocenters. The fraction of sp³-hybridized carbons (Fsp3) is 0.692. The van der Waals surface area contributed by atoms with Crippen LogP contribution in [0, 0.1) is 0 Å². The number of aliphatic hydroxyl groups excluding tert-OH is 1. The summed E-state index contributed by atoms with van der Waals surface area (Å²) >= 11 is 0. The first-order valence-corrected chi connectivity index (χ1v) is 6.37. The molecule has 4 nitrogen and oxygen atoms in total. The molecule has 0 bridgehead atoms. The van der Waals surface area contributed by atoms with E-state index in [2.05, 4.69) is 35.6 Å². The molecule has 0 atom stereocenters. The molecule has 0 aromatic carbocycles. The maximum Gasteiger partial charge on any atom is 0.225 e. The number of nitrogens with zero attached hydrogens (tertiary/aromatic N) is 3. The minimum absolute atomic E-state index is 0.00219. The van der Waals surface area contributed by atoms with Gasteiger partial charge >= 0.3 is 0 Å². The molecule has 0 fully saturated rings.